The highest BCUT2D eigenvalue weighted by Gasteiger charge is 2.15. The molecule has 1 heterocycles. The first kappa shape index (κ1) is 13.1. The fourth-order valence-electron chi connectivity index (χ4n) is 2.59. The summed E-state index contributed by atoms with van der Waals surface area (Å²) >= 11 is 0. The quantitative estimate of drug-likeness (QED) is 0.835. The van der Waals surface area contributed by atoms with Crippen molar-refractivity contribution in [3.05, 3.63) is 34.7 Å². The molecule has 0 aliphatic heterocycles. The first-order valence-electron chi connectivity index (χ1n) is 6.48. The SMILES string of the molecule is COc1c(C)cnc(CC2=CC(O)CCC2)c1C. The minimum Gasteiger partial charge on any atom is -0.496 e. The van der Waals surface area contributed by atoms with Gasteiger partial charge in [-0.15, -0.1) is 0 Å². The predicted molar refractivity (Wildman–Crippen MR) is 71.9 cm³/mol. The lowest BCUT2D eigenvalue weighted by Gasteiger charge is -2.18. The third-order valence-electron chi connectivity index (χ3n) is 3.57. The third kappa shape index (κ3) is 2.72. The van der Waals surface area contributed by atoms with Crippen molar-refractivity contribution in [2.24, 2.45) is 0 Å². The van der Waals surface area contributed by atoms with E-state index < -0.39 is 0 Å². The van der Waals surface area contributed by atoms with E-state index in [0.29, 0.717) is 0 Å². The zero-order chi connectivity index (χ0) is 13.1. The maximum Gasteiger partial charge on any atom is 0.128 e. The van der Waals surface area contributed by atoms with Gasteiger partial charge in [-0.1, -0.05) is 11.6 Å². The van der Waals surface area contributed by atoms with Gasteiger partial charge in [0, 0.05) is 23.7 Å². The molecule has 3 nitrogen and oxygen atoms in total. The molecular weight excluding hydrogens is 226 g/mol. The summed E-state index contributed by atoms with van der Waals surface area (Å²) in [5, 5.41) is 9.65. The fourth-order valence-corrected chi connectivity index (χ4v) is 2.59. The van der Waals surface area contributed by atoms with E-state index in [4.69, 9.17) is 4.74 Å². The normalized spacial score (nSPS) is 19.6. The summed E-state index contributed by atoms with van der Waals surface area (Å²) in [6.07, 6.45) is 7.40. The van der Waals surface area contributed by atoms with E-state index in [1.807, 2.05) is 26.1 Å². The van der Waals surface area contributed by atoms with Crippen LogP contribution in [0.1, 0.15) is 36.1 Å². The van der Waals surface area contributed by atoms with Crippen LogP contribution in [0.4, 0.5) is 0 Å². The van der Waals surface area contributed by atoms with Crippen molar-refractivity contribution in [3.8, 4) is 5.75 Å². The summed E-state index contributed by atoms with van der Waals surface area (Å²) < 4.78 is 5.42. The molecule has 0 spiro atoms. The minimum absolute atomic E-state index is 0.276. The van der Waals surface area contributed by atoms with E-state index in [0.717, 1.165) is 48.3 Å². The molecule has 0 radical (unpaired) electrons. The molecule has 0 aromatic carbocycles. The zero-order valence-corrected chi connectivity index (χ0v) is 11.4. The van der Waals surface area contributed by atoms with Crippen LogP contribution in [0.2, 0.25) is 0 Å². The Hall–Kier alpha value is -1.35. The van der Waals surface area contributed by atoms with Gasteiger partial charge in [0.05, 0.1) is 18.9 Å². The van der Waals surface area contributed by atoms with Crippen LogP contribution in [0.5, 0.6) is 5.75 Å². The van der Waals surface area contributed by atoms with Gasteiger partial charge in [-0.2, -0.15) is 0 Å². The molecule has 0 amide bonds. The van der Waals surface area contributed by atoms with Crippen LogP contribution < -0.4 is 4.74 Å². The Kier molecular flexibility index (Phi) is 4.02. The van der Waals surface area contributed by atoms with Crippen LogP contribution in [0.25, 0.3) is 0 Å². The van der Waals surface area contributed by atoms with Gasteiger partial charge in [0.15, 0.2) is 0 Å². The van der Waals surface area contributed by atoms with E-state index in [9.17, 15) is 5.11 Å². The molecule has 18 heavy (non-hydrogen) atoms. The summed E-state index contributed by atoms with van der Waals surface area (Å²) in [5.41, 5.74) is 4.52. The second kappa shape index (κ2) is 5.53. The maximum absolute atomic E-state index is 9.65. The van der Waals surface area contributed by atoms with Crippen LogP contribution >= 0.6 is 0 Å². The number of aliphatic hydroxyl groups is 1. The summed E-state index contributed by atoms with van der Waals surface area (Å²) in [4.78, 5) is 4.50. The molecule has 1 aliphatic rings. The van der Waals surface area contributed by atoms with Crippen molar-refractivity contribution in [1.82, 2.24) is 4.98 Å². The van der Waals surface area contributed by atoms with Gasteiger partial charge in [-0.25, -0.2) is 0 Å². The topological polar surface area (TPSA) is 42.4 Å². The van der Waals surface area contributed by atoms with E-state index in [1.54, 1.807) is 7.11 Å². The number of allylic oxidation sites excluding steroid dienone is 1. The highest BCUT2D eigenvalue weighted by atomic mass is 16.5. The van der Waals surface area contributed by atoms with Crippen LogP contribution in [0, 0.1) is 13.8 Å². The number of nitrogens with zero attached hydrogens (tertiary/aromatic N) is 1. The lowest BCUT2D eigenvalue weighted by atomic mass is 9.93. The molecule has 0 saturated heterocycles. The summed E-state index contributed by atoms with van der Waals surface area (Å²) in [6.45, 7) is 4.06. The second-order valence-corrected chi connectivity index (χ2v) is 5.01. The predicted octanol–water partition coefficient (Wildman–Crippen LogP) is 2.72. The Morgan fingerprint density at radius 2 is 2.22 bits per heavy atom. The Morgan fingerprint density at radius 3 is 2.89 bits per heavy atom. The molecule has 0 bridgehead atoms. The number of ether oxygens (including phenoxy) is 1. The van der Waals surface area contributed by atoms with Gasteiger partial charge in [0.1, 0.15) is 5.75 Å². The summed E-state index contributed by atoms with van der Waals surface area (Å²) in [5.74, 6) is 0.928. The average Bonchev–Trinajstić information content (AvgIpc) is 2.34. The number of hydrogen-bond acceptors (Lipinski definition) is 3. The Bertz CT molecular complexity index is 466. The highest BCUT2D eigenvalue weighted by molar-refractivity contribution is 5.42. The lowest BCUT2D eigenvalue weighted by molar-refractivity contribution is 0.202. The van der Waals surface area contributed by atoms with Crippen molar-refractivity contribution in [2.45, 2.75) is 45.6 Å². The van der Waals surface area contributed by atoms with Gasteiger partial charge in [-0.3, -0.25) is 4.98 Å². The number of rotatable bonds is 3. The first-order chi connectivity index (χ1) is 8.61. The summed E-state index contributed by atoms with van der Waals surface area (Å²) in [6, 6.07) is 0. The smallest absolute Gasteiger partial charge is 0.128 e. The van der Waals surface area contributed by atoms with Crippen LogP contribution in [0.15, 0.2) is 17.8 Å². The molecule has 1 aliphatic carbocycles. The van der Waals surface area contributed by atoms with Gasteiger partial charge >= 0.3 is 0 Å². The van der Waals surface area contributed by atoms with Crippen molar-refractivity contribution < 1.29 is 9.84 Å². The monoisotopic (exact) mass is 247 g/mol. The van der Waals surface area contributed by atoms with Gasteiger partial charge in [0.25, 0.3) is 0 Å². The highest BCUT2D eigenvalue weighted by Crippen LogP contribution is 2.27. The van der Waals surface area contributed by atoms with Gasteiger partial charge < -0.3 is 9.84 Å². The van der Waals surface area contributed by atoms with Crippen molar-refractivity contribution in [1.29, 1.82) is 0 Å². The van der Waals surface area contributed by atoms with Crippen LogP contribution in [-0.4, -0.2) is 23.3 Å². The second-order valence-electron chi connectivity index (χ2n) is 5.01. The number of methoxy groups -OCH3 is 1. The molecule has 1 atom stereocenters. The maximum atomic E-state index is 9.65. The Balaban J connectivity index is 2.24. The van der Waals surface area contributed by atoms with E-state index in [-0.39, 0.29) is 6.10 Å². The van der Waals surface area contributed by atoms with Crippen LogP contribution in [-0.2, 0) is 6.42 Å². The van der Waals surface area contributed by atoms with Crippen molar-refractivity contribution >= 4 is 0 Å². The van der Waals surface area contributed by atoms with Crippen molar-refractivity contribution in [3.63, 3.8) is 0 Å². The molecule has 1 aromatic rings. The number of aryl methyl sites for hydroxylation is 1. The number of hydrogen-bond donors (Lipinski definition) is 1. The van der Waals surface area contributed by atoms with Gasteiger partial charge in [-0.05, 0) is 33.1 Å². The number of aliphatic hydroxyl groups excluding tert-OH is 1. The lowest BCUT2D eigenvalue weighted by Crippen LogP contribution is -2.11. The van der Waals surface area contributed by atoms with E-state index in [2.05, 4.69) is 4.98 Å². The Labute approximate surface area is 109 Å². The standard InChI is InChI=1S/C15H21NO2/c1-10-9-16-14(11(2)15(10)18-3)8-12-5-4-6-13(17)7-12/h7,9,13,17H,4-6,8H2,1-3H3. The van der Waals surface area contributed by atoms with E-state index in [1.165, 1.54) is 5.57 Å². The molecule has 0 saturated carbocycles. The Morgan fingerprint density at radius 1 is 1.44 bits per heavy atom. The molecule has 0 fully saturated rings. The molecule has 3 heteroatoms. The van der Waals surface area contributed by atoms with Crippen molar-refractivity contribution in [2.75, 3.05) is 7.11 Å². The number of pyridine rings is 1. The van der Waals surface area contributed by atoms with E-state index >= 15 is 0 Å². The molecule has 1 aromatic heterocycles. The first-order valence-corrected chi connectivity index (χ1v) is 6.48. The summed E-state index contributed by atoms with van der Waals surface area (Å²) in [7, 11) is 1.70. The zero-order valence-electron chi connectivity index (χ0n) is 11.4. The average molecular weight is 247 g/mol. The minimum atomic E-state index is -0.276. The molecule has 2 rings (SSSR count). The molecule has 98 valence electrons. The molecule has 1 N–H and O–H groups in total. The largest absolute Gasteiger partial charge is 0.496 e. The fraction of sp³-hybridized carbons (Fsp3) is 0.533. The van der Waals surface area contributed by atoms with Crippen LogP contribution in [0.3, 0.4) is 0 Å². The van der Waals surface area contributed by atoms with Gasteiger partial charge in [0.2, 0.25) is 0 Å². The molecule has 1 unspecified atom stereocenters. The number of aromatic nitrogens is 1. The molecular formula is C15H21NO2. The third-order valence-corrected chi connectivity index (χ3v) is 3.57.